The van der Waals surface area contributed by atoms with Gasteiger partial charge in [0.25, 0.3) is 0 Å². The van der Waals surface area contributed by atoms with E-state index in [-0.39, 0.29) is 6.10 Å². The number of anilines is 1. The van der Waals surface area contributed by atoms with Crippen LogP contribution in [-0.2, 0) is 11.8 Å². The van der Waals surface area contributed by atoms with Gasteiger partial charge in [0, 0.05) is 13.2 Å². The summed E-state index contributed by atoms with van der Waals surface area (Å²) < 4.78 is 7.91. The number of aryl methyl sites for hydroxylation is 1. The van der Waals surface area contributed by atoms with Gasteiger partial charge in [0.05, 0.1) is 17.3 Å². The van der Waals surface area contributed by atoms with Gasteiger partial charge in [-0.25, -0.2) is 9.97 Å². The fourth-order valence-electron chi connectivity index (χ4n) is 2.48. The van der Waals surface area contributed by atoms with Crippen molar-refractivity contribution in [3.05, 3.63) is 42.2 Å². The standard InChI is InChI=1S/C16H20N4O/c1-11(2)21-14-7-5-4-6-12(14)19-16-15-13(17-10-18-16)8-9-20(15)3/h5,7-11H,4,6H2,1-3H3,(H,17,18,19). The molecule has 0 unspecified atom stereocenters. The summed E-state index contributed by atoms with van der Waals surface area (Å²) in [5.41, 5.74) is 3.02. The second kappa shape index (κ2) is 5.60. The first-order valence-corrected chi connectivity index (χ1v) is 7.24. The molecule has 0 spiro atoms. The summed E-state index contributed by atoms with van der Waals surface area (Å²) >= 11 is 0. The van der Waals surface area contributed by atoms with Gasteiger partial charge < -0.3 is 14.6 Å². The van der Waals surface area contributed by atoms with Gasteiger partial charge in [-0.15, -0.1) is 0 Å². The van der Waals surface area contributed by atoms with Crippen LogP contribution in [0.5, 0.6) is 0 Å². The van der Waals surface area contributed by atoms with Crippen LogP contribution in [0.15, 0.2) is 42.2 Å². The van der Waals surface area contributed by atoms with Crippen LogP contribution in [0.3, 0.4) is 0 Å². The molecular weight excluding hydrogens is 264 g/mol. The summed E-state index contributed by atoms with van der Waals surface area (Å²) in [6.07, 6.45) is 9.84. The molecule has 2 aromatic heterocycles. The molecule has 1 aliphatic carbocycles. The van der Waals surface area contributed by atoms with Crippen molar-refractivity contribution in [1.29, 1.82) is 0 Å². The average molecular weight is 284 g/mol. The number of aromatic nitrogens is 3. The van der Waals surface area contributed by atoms with Crippen LogP contribution in [0.2, 0.25) is 0 Å². The fraction of sp³-hybridized carbons (Fsp3) is 0.375. The first kappa shape index (κ1) is 13.7. The van der Waals surface area contributed by atoms with Crippen LogP contribution < -0.4 is 5.32 Å². The number of hydrogen-bond donors (Lipinski definition) is 1. The molecule has 3 rings (SSSR count). The minimum atomic E-state index is 0.153. The lowest BCUT2D eigenvalue weighted by Gasteiger charge is -2.20. The molecule has 1 N–H and O–H groups in total. The van der Waals surface area contributed by atoms with Crippen molar-refractivity contribution in [1.82, 2.24) is 14.5 Å². The van der Waals surface area contributed by atoms with E-state index in [1.165, 1.54) is 0 Å². The van der Waals surface area contributed by atoms with Crippen molar-refractivity contribution in [2.75, 3.05) is 5.32 Å². The molecule has 0 fully saturated rings. The zero-order chi connectivity index (χ0) is 14.8. The quantitative estimate of drug-likeness (QED) is 0.935. The lowest BCUT2D eigenvalue weighted by molar-refractivity contribution is 0.154. The summed E-state index contributed by atoms with van der Waals surface area (Å²) in [5.74, 6) is 1.72. The predicted molar refractivity (Wildman–Crippen MR) is 83.8 cm³/mol. The van der Waals surface area contributed by atoms with Crippen molar-refractivity contribution in [2.24, 2.45) is 7.05 Å². The Morgan fingerprint density at radius 1 is 1.33 bits per heavy atom. The van der Waals surface area contributed by atoms with Crippen molar-refractivity contribution in [3.63, 3.8) is 0 Å². The Hall–Kier alpha value is -2.30. The third kappa shape index (κ3) is 2.77. The Morgan fingerprint density at radius 2 is 2.19 bits per heavy atom. The number of nitrogens with zero attached hydrogens (tertiary/aromatic N) is 3. The molecule has 21 heavy (non-hydrogen) atoms. The SMILES string of the molecule is CC(C)OC1=C(Nc2ncnc3ccn(C)c23)CCC=C1. The highest BCUT2D eigenvalue weighted by atomic mass is 16.5. The molecule has 5 heteroatoms. The number of allylic oxidation sites excluding steroid dienone is 3. The first-order valence-electron chi connectivity index (χ1n) is 7.24. The normalized spacial score (nSPS) is 15.0. The minimum absolute atomic E-state index is 0.153. The molecule has 0 aromatic carbocycles. The fourth-order valence-corrected chi connectivity index (χ4v) is 2.48. The van der Waals surface area contributed by atoms with E-state index in [0.717, 1.165) is 41.1 Å². The van der Waals surface area contributed by atoms with Gasteiger partial charge in [0.1, 0.15) is 17.6 Å². The third-order valence-electron chi connectivity index (χ3n) is 3.42. The Morgan fingerprint density at radius 3 is 3.00 bits per heavy atom. The molecule has 0 saturated heterocycles. The summed E-state index contributed by atoms with van der Waals surface area (Å²) in [4.78, 5) is 8.68. The second-order valence-electron chi connectivity index (χ2n) is 5.46. The van der Waals surface area contributed by atoms with Gasteiger partial charge in [0.15, 0.2) is 5.82 Å². The number of ether oxygens (including phenoxy) is 1. The molecule has 0 bridgehead atoms. The molecule has 1 aliphatic rings. The molecule has 110 valence electrons. The van der Waals surface area contributed by atoms with Gasteiger partial charge >= 0.3 is 0 Å². The van der Waals surface area contributed by atoms with Gasteiger partial charge in [-0.05, 0) is 38.8 Å². The highest BCUT2D eigenvalue weighted by Gasteiger charge is 2.14. The zero-order valence-corrected chi connectivity index (χ0v) is 12.6. The maximum Gasteiger partial charge on any atom is 0.158 e. The van der Waals surface area contributed by atoms with Crippen LogP contribution in [0.25, 0.3) is 11.0 Å². The summed E-state index contributed by atoms with van der Waals surface area (Å²) in [6, 6.07) is 1.99. The lowest BCUT2D eigenvalue weighted by Crippen LogP contribution is -2.12. The predicted octanol–water partition coefficient (Wildman–Crippen LogP) is 3.37. The number of nitrogens with one attached hydrogen (secondary N) is 1. The van der Waals surface area contributed by atoms with E-state index in [9.17, 15) is 0 Å². The van der Waals surface area contributed by atoms with Crippen LogP contribution in [0.1, 0.15) is 26.7 Å². The maximum absolute atomic E-state index is 5.88. The Labute approximate surface area is 124 Å². The van der Waals surface area contributed by atoms with Gasteiger partial charge in [-0.3, -0.25) is 0 Å². The summed E-state index contributed by atoms with van der Waals surface area (Å²) in [5, 5.41) is 3.44. The Balaban J connectivity index is 1.98. The van der Waals surface area contributed by atoms with Crippen molar-refractivity contribution >= 4 is 16.9 Å². The smallest absolute Gasteiger partial charge is 0.158 e. The maximum atomic E-state index is 5.88. The minimum Gasteiger partial charge on any atom is -0.489 e. The Kier molecular flexibility index (Phi) is 3.64. The third-order valence-corrected chi connectivity index (χ3v) is 3.42. The highest BCUT2D eigenvalue weighted by molar-refractivity contribution is 5.86. The molecule has 0 amide bonds. The van der Waals surface area contributed by atoms with Crippen molar-refractivity contribution in [3.8, 4) is 0 Å². The van der Waals surface area contributed by atoms with E-state index in [1.807, 2.05) is 43.8 Å². The topological polar surface area (TPSA) is 52.0 Å². The molecule has 2 heterocycles. The number of rotatable bonds is 4. The van der Waals surface area contributed by atoms with Gasteiger partial charge in [-0.1, -0.05) is 6.08 Å². The molecule has 0 aliphatic heterocycles. The van der Waals surface area contributed by atoms with E-state index >= 15 is 0 Å². The molecule has 2 aromatic rings. The number of hydrogen-bond acceptors (Lipinski definition) is 4. The van der Waals surface area contributed by atoms with Crippen LogP contribution >= 0.6 is 0 Å². The molecule has 0 saturated carbocycles. The second-order valence-corrected chi connectivity index (χ2v) is 5.46. The average Bonchev–Trinajstić information content (AvgIpc) is 2.83. The van der Waals surface area contributed by atoms with E-state index < -0.39 is 0 Å². The van der Waals surface area contributed by atoms with Crippen LogP contribution in [0, 0.1) is 0 Å². The van der Waals surface area contributed by atoms with Gasteiger partial charge in [-0.2, -0.15) is 0 Å². The Bertz CT molecular complexity index is 712. The highest BCUT2D eigenvalue weighted by Crippen LogP contribution is 2.26. The van der Waals surface area contributed by atoms with E-state index in [2.05, 4.69) is 21.4 Å². The largest absolute Gasteiger partial charge is 0.489 e. The first-order chi connectivity index (χ1) is 10.1. The zero-order valence-electron chi connectivity index (χ0n) is 12.6. The van der Waals surface area contributed by atoms with E-state index in [1.54, 1.807) is 6.33 Å². The summed E-state index contributed by atoms with van der Waals surface area (Å²) in [7, 11) is 2.00. The van der Waals surface area contributed by atoms with Crippen molar-refractivity contribution < 1.29 is 4.74 Å². The van der Waals surface area contributed by atoms with Gasteiger partial charge in [0.2, 0.25) is 0 Å². The summed E-state index contributed by atoms with van der Waals surface area (Å²) in [6.45, 7) is 4.07. The molecule has 0 radical (unpaired) electrons. The van der Waals surface area contributed by atoms with Crippen molar-refractivity contribution in [2.45, 2.75) is 32.8 Å². The molecule has 0 atom stereocenters. The molecule has 5 nitrogen and oxygen atoms in total. The molecular formula is C16H20N4O. The van der Waals surface area contributed by atoms with Crippen LogP contribution in [-0.4, -0.2) is 20.6 Å². The van der Waals surface area contributed by atoms with Crippen LogP contribution in [0.4, 0.5) is 5.82 Å². The van der Waals surface area contributed by atoms with E-state index in [0.29, 0.717) is 0 Å². The monoisotopic (exact) mass is 284 g/mol. The lowest BCUT2D eigenvalue weighted by atomic mass is 10.1. The number of fused-ring (bicyclic) bond motifs is 1. The van der Waals surface area contributed by atoms with E-state index in [4.69, 9.17) is 4.74 Å².